The van der Waals surface area contributed by atoms with Gasteiger partial charge in [0, 0.05) is 16.9 Å². The predicted molar refractivity (Wildman–Crippen MR) is 126 cm³/mol. The number of nitrogens with one attached hydrogen (secondary N) is 1. The summed E-state index contributed by atoms with van der Waals surface area (Å²) < 4.78 is 0. The lowest BCUT2D eigenvalue weighted by Gasteiger charge is -2.12. The molecule has 0 spiro atoms. The first kappa shape index (κ1) is 18.4. The van der Waals surface area contributed by atoms with Crippen molar-refractivity contribution in [1.29, 1.82) is 5.26 Å². The molecule has 1 heterocycles. The van der Waals surface area contributed by atoms with Gasteiger partial charge in [0.1, 0.15) is 11.9 Å². The minimum Gasteiger partial charge on any atom is -0.385 e. The molecule has 0 aliphatic heterocycles. The van der Waals surface area contributed by atoms with E-state index < -0.39 is 0 Å². The summed E-state index contributed by atoms with van der Waals surface area (Å²) in [7, 11) is 0. The lowest BCUT2D eigenvalue weighted by Crippen LogP contribution is -1.91. The molecule has 30 heavy (non-hydrogen) atoms. The number of benzene rings is 4. The second kappa shape index (κ2) is 7.62. The number of thioether (sulfide) groups is 1. The minimum absolute atomic E-state index is 0.531. The van der Waals surface area contributed by atoms with Crippen LogP contribution in [-0.2, 0) is 5.75 Å². The Morgan fingerprint density at radius 3 is 2.03 bits per heavy atom. The number of nitrogen functional groups attached to an aromatic ring is 1. The van der Waals surface area contributed by atoms with Crippen LogP contribution in [0.15, 0.2) is 90.0 Å². The van der Waals surface area contributed by atoms with Crippen LogP contribution >= 0.6 is 11.8 Å². The fourth-order valence-electron chi connectivity index (χ4n) is 3.98. The molecule has 0 radical (unpaired) electrons. The van der Waals surface area contributed by atoms with Crippen molar-refractivity contribution in [2.24, 2.45) is 0 Å². The number of H-pyrrole nitrogens is 1. The van der Waals surface area contributed by atoms with E-state index in [0.29, 0.717) is 11.4 Å². The van der Waals surface area contributed by atoms with Crippen LogP contribution in [0.3, 0.4) is 0 Å². The van der Waals surface area contributed by atoms with Crippen LogP contribution in [0.5, 0.6) is 0 Å². The van der Waals surface area contributed by atoms with Gasteiger partial charge in [-0.05, 0) is 33.2 Å². The lowest BCUT2D eigenvalue weighted by atomic mass is 9.91. The maximum absolute atomic E-state index is 10.1. The quantitative estimate of drug-likeness (QED) is 0.257. The van der Waals surface area contributed by atoms with E-state index in [-0.39, 0.29) is 0 Å². The van der Waals surface area contributed by atoms with Crippen molar-refractivity contribution in [3.8, 4) is 17.2 Å². The number of fused-ring (bicyclic) bond motifs is 2. The van der Waals surface area contributed by atoms with Gasteiger partial charge in [0.15, 0.2) is 0 Å². The van der Waals surface area contributed by atoms with Gasteiger partial charge in [0.05, 0.1) is 10.6 Å². The number of rotatable bonds is 4. The molecule has 0 saturated heterocycles. The molecule has 0 bridgehead atoms. The van der Waals surface area contributed by atoms with E-state index in [4.69, 9.17) is 5.73 Å². The molecule has 5 rings (SSSR count). The molecule has 4 heteroatoms. The van der Waals surface area contributed by atoms with E-state index >= 15 is 0 Å². The van der Waals surface area contributed by atoms with E-state index in [9.17, 15) is 5.26 Å². The highest BCUT2D eigenvalue weighted by Gasteiger charge is 2.21. The molecule has 5 aromatic rings. The van der Waals surface area contributed by atoms with Crippen LogP contribution in [0.4, 0.5) is 5.82 Å². The first-order valence-electron chi connectivity index (χ1n) is 9.75. The van der Waals surface area contributed by atoms with Gasteiger partial charge in [-0.25, -0.2) is 0 Å². The van der Waals surface area contributed by atoms with Gasteiger partial charge in [0.2, 0.25) is 0 Å². The molecule has 144 valence electrons. The summed E-state index contributed by atoms with van der Waals surface area (Å²) in [5.41, 5.74) is 10.1. The third-order valence-corrected chi connectivity index (χ3v) is 6.43. The molecular weight excluding hydrogens is 386 g/mol. The number of aromatic amines is 1. The normalized spacial score (nSPS) is 11.0. The Kier molecular flexibility index (Phi) is 4.66. The van der Waals surface area contributed by atoms with Gasteiger partial charge >= 0.3 is 0 Å². The van der Waals surface area contributed by atoms with Crippen LogP contribution in [0.25, 0.3) is 32.7 Å². The average Bonchev–Trinajstić information content (AvgIpc) is 3.11. The largest absolute Gasteiger partial charge is 0.385 e. The second-order valence-electron chi connectivity index (χ2n) is 7.20. The first-order chi connectivity index (χ1) is 14.8. The van der Waals surface area contributed by atoms with Crippen molar-refractivity contribution in [1.82, 2.24) is 4.98 Å². The fourth-order valence-corrected chi connectivity index (χ4v) is 4.96. The van der Waals surface area contributed by atoms with Crippen molar-refractivity contribution >= 4 is 39.1 Å². The number of nitriles is 1. The van der Waals surface area contributed by atoms with Crippen LogP contribution in [0.2, 0.25) is 0 Å². The zero-order valence-electron chi connectivity index (χ0n) is 16.2. The summed E-state index contributed by atoms with van der Waals surface area (Å²) >= 11 is 1.61. The number of hydrogen-bond acceptors (Lipinski definition) is 3. The Morgan fingerprint density at radius 2 is 1.40 bits per heavy atom. The smallest absolute Gasteiger partial charge is 0.110 e. The van der Waals surface area contributed by atoms with Crippen LogP contribution < -0.4 is 5.73 Å². The number of nitrogens with zero attached hydrogens (tertiary/aromatic N) is 1. The first-order valence-corrected chi connectivity index (χ1v) is 10.7. The zero-order valence-corrected chi connectivity index (χ0v) is 17.0. The summed E-state index contributed by atoms with van der Waals surface area (Å²) in [6.45, 7) is 0. The number of aromatic nitrogens is 1. The summed E-state index contributed by atoms with van der Waals surface area (Å²) in [6.07, 6.45) is 0. The molecule has 1 aromatic heterocycles. The lowest BCUT2D eigenvalue weighted by molar-refractivity contribution is 1.19. The van der Waals surface area contributed by atoms with Crippen LogP contribution in [-0.4, -0.2) is 4.98 Å². The zero-order chi connectivity index (χ0) is 20.5. The van der Waals surface area contributed by atoms with Gasteiger partial charge in [-0.1, -0.05) is 78.9 Å². The Labute approximate surface area is 179 Å². The van der Waals surface area contributed by atoms with E-state index in [1.807, 2.05) is 42.5 Å². The topological polar surface area (TPSA) is 65.6 Å². The van der Waals surface area contributed by atoms with Crippen LogP contribution in [0, 0.1) is 11.3 Å². The molecule has 0 aliphatic rings. The highest BCUT2D eigenvalue weighted by Crippen LogP contribution is 2.43. The van der Waals surface area contributed by atoms with Crippen molar-refractivity contribution < 1.29 is 0 Å². The Morgan fingerprint density at radius 1 is 0.800 bits per heavy atom. The highest BCUT2D eigenvalue weighted by molar-refractivity contribution is 7.98. The second-order valence-corrected chi connectivity index (χ2v) is 8.18. The maximum atomic E-state index is 10.1. The molecule has 3 N–H and O–H groups in total. The van der Waals surface area contributed by atoms with Gasteiger partial charge in [-0.15, -0.1) is 11.8 Å². The fraction of sp³-hybridized carbons (Fsp3) is 0.0385. The monoisotopic (exact) mass is 405 g/mol. The predicted octanol–water partition coefficient (Wildman–Crippen LogP) is 6.73. The van der Waals surface area contributed by atoms with E-state index in [1.165, 1.54) is 5.56 Å². The van der Waals surface area contributed by atoms with Crippen molar-refractivity contribution in [3.05, 3.63) is 96.1 Å². The third-order valence-electron chi connectivity index (χ3n) is 5.35. The number of nitrogens with two attached hydrogens (primary N) is 1. The SMILES string of the molecule is N#Cc1c(SCc2ccccc2)[nH]c(N)c1-c1c2ccccc2cc2ccccc12. The Hall–Kier alpha value is -3.68. The standard InChI is InChI=1S/C26H19N3S/c27-15-22-24(25(28)29-26(22)30-16-17-8-2-1-3-9-17)23-20-12-6-4-10-18(20)14-19-11-5-7-13-21(19)23/h1-14,29H,16,28H2. The van der Waals surface area contributed by atoms with E-state index in [2.05, 4.69) is 53.5 Å². The van der Waals surface area contributed by atoms with Crippen molar-refractivity contribution in [2.45, 2.75) is 10.8 Å². The molecule has 3 nitrogen and oxygen atoms in total. The molecule has 4 aromatic carbocycles. The number of anilines is 1. The summed E-state index contributed by atoms with van der Waals surface area (Å²) in [4.78, 5) is 3.28. The maximum Gasteiger partial charge on any atom is 0.110 e. The molecule has 0 atom stereocenters. The summed E-state index contributed by atoms with van der Waals surface area (Å²) in [5, 5.41) is 15.3. The number of hydrogen-bond donors (Lipinski definition) is 2. The van der Waals surface area contributed by atoms with Crippen molar-refractivity contribution in [2.75, 3.05) is 5.73 Å². The van der Waals surface area contributed by atoms with E-state index in [0.717, 1.165) is 43.5 Å². The highest BCUT2D eigenvalue weighted by atomic mass is 32.2. The van der Waals surface area contributed by atoms with Gasteiger partial charge in [-0.3, -0.25) is 0 Å². The van der Waals surface area contributed by atoms with E-state index in [1.54, 1.807) is 11.8 Å². The van der Waals surface area contributed by atoms with Gasteiger partial charge < -0.3 is 10.7 Å². The molecule has 0 saturated carbocycles. The Balaban J connectivity index is 1.72. The molecular formula is C26H19N3S. The minimum atomic E-state index is 0.531. The molecule has 0 fully saturated rings. The van der Waals surface area contributed by atoms with Crippen LogP contribution in [0.1, 0.15) is 11.1 Å². The van der Waals surface area contributed by atoms with Gasteiger partial charge in [0.25, 0.3) is 0 Å². The summed E-state index contributed by atoms with van der Waals surface area (Å²) in [5.74, 6) is 1.30. The summed E-state index contributed by atoms with van der Waals surface area (Å²) in [6, 6.07) is 31.4. The van der Waals surface area contributed by atoms with Gasteiger partial charge in [-0.2, -0.15) is 5.26 Å². The molecule has 0 amide bonds. The Bertz CT molecular complexity index is 1360. The average molecular weight is 406 g/mol. The third kappa shape index (κ3) is 3.10. The molecule has 0 aliphatic carbocycles. The van der Waals surface area contributed by atoms with Crippen molar-refractivity contribution in [3.63, 3.8) is 0 Å². The molecule has 0 unspecified atom stereocenters.